The second-order valence-corrected chi connectivity index (χ2v) is 9.19. The summed E-state index contributed by atoms with van der Waals surface area (Å²) in [5.41, 5.74) is 3.94. The molecule has 2 aliphatic carbocycles. The third kappa shape index (κ3) is 4.39. The molecular weight excluding hydrogens is 448 g/mol. The first-order chi connectivity index (χ1) is 16.9. The normalized spacial score (nSPS) is 15.1. The van der Waals surface area contributed by atoms with Crippen LogP contribution in [0.5, 0.6) is 0 Å². The highest BCUT2D eigenvalue weighted by molar-refractivity contribution is 5.86. The molecule has 2 aliphatic rings. The van der Waals surface area contributed by atoms with Gasteiger partial charge in [0.05, 0.1) is 12.0 Å². The molecule has 1 fully saturated rings. The first-order valence-corrected chi connectivity index (χ1v) is 11.5. The van der Waals surface area contributed by atoms with Gasteiger partial charge in [0.2, 0.25) is 11.7 Å². The summed E-state index contributed by atoms with van der Waals surface area (Å²) in [6.07, 6.45) is 0.780. The molecule has 2 aromatic carbocycles. The summed E-state index contributed by atoms with van der Waals surface area (Å²) in [6, 6.07) is 19.2. The van der Waals surface area contributed by atoms with E-state index in [2.05, 4.69) is 29.6 Å². The SMILES string of the molecule is CN(Cc1ccc(C(=O)O)o1)C(=O)C1(CNC(=O)OCC2c3ccccc3-c3ccccc32)CC1. The molecule has 8 heteroatoms. The molecule has 0 saturated heterocycles. The van der Waals surface area contributed by atoms with Crippen molar-refractivity contribution in [3.63, 3.8) is 0 Å². The number of carbonyl (C=O) groups excluding carboxylic acids is 2. The van der Waals surface area contributed by atoms with Gasteiger partial charge in [-0.3, -0.25) is 4.79 Å². The third-order valence-electron chi connectivity index (χ3n) is 6.83. The van der Waals surface area contributed by atoms with Gasteiger partial charge in [0, 0.05) is 19.5 Å². The summed E-state index contributed by atoms with van der Waals surface area (Å²) in [5.74, 6) is -1.09. The molecule has 180 valence electrons. The molecule has 1 aromatic heterocycles. The molecule has 8 nitrogen and oxygen atoms in total. The van der Waals surface area contributed by atoms with E-state index in [0.717, 1.165) is 22.3 Å². The molecule has 0 spiro atoms. The minimum atomic E-state index is -1.16. The van der Waals surface area contributed by atoms with Gasteiger partial charge in [-0.25, -0.2) is 9.59 Å². The fourth-order valence-electron chi connectivity index (χ4n) is 4.80. The van der Waals surface area contributed by atoms with E-state index in [0.29, 0.717) is 18.6 Å². The van der Waals surface area contributed by atoms with Gasteiger partial charge < -0.3 is 24.5 Å². The number of furan rings is 1. The number of carbonyl (C=O) groups is 3. The lowest BCUT2D eigenvalue weighted by Gasteiger charge is -2.23. The average molecular weight is 475 g/mol. The number of amides is 2. The first kappa shape index (κ1) is 22.7. The number of ether oxygens (including phenoxy) is 1. The zero-order valence-electron chi connectivity index (χ0n) is 19.3. The maximum atomic E-state index is 13.0. The fraction of sp³-hybridized carbons (Fsp3) is 0.296. The lowest BCUT2D eigenvalue weighted by Crippen LogP contribution is -2.41. The molecular formula is C27H26N2O6. The van der Waals surface area contributed by atoms with Gasteiger partial charge >= 0.3 is 12.1 Å². The van der Waals surface area contributed by atoms with E-state index < -0.39 is 17.5 Å². The zero-order chi connectivity index (χ0) is 24.6. The molecule has 0 aliphatic heterocycles. The third-order valence-corrected chi connectivity index (χ3v) is 6.83. The van der Waals surface area contributed by atoms with Gasteiger partial charge in [0.15, 0.2) is 0 Å². The van der Waals surface area contributed by atoms with E-state index in [-0.39, 0.29) is 37.3 Å². The number of aromatic carboxylic acids is 1. The van der Waals surface area contributed by atoms with Crippen molar-refractivity contribution in [2.24, 2.45) is 5.41 Å². The summed E-state index contributed by atoms with van der Waals surface area (Å²) in [4.78, 5) is 38.0. The molecule has 35 heavy (non-hydrogen) atoms. The Morgan fingerprint density at radius 1 is 1.03 bits per heavy atom. The summed E-state index contributed by atoms with van der Waals surface area (Å²) < 4.78 is 10.8. The van der Waals surface area contributed by atoms with Crippen LogP contribution in [0.25, 0.3) is 11.1 Å². The predicted octanol–water partition coefficient (Wildman–Crippen LogP) is 4.26. The minimum absolute atomic E-state index is 0.0280. The number of carboxylic acids is 1. The Labute approximate surface area is 202 Å². The number of hydrogen-bond donors (Lipinski definition) is 2. The molecule has 1 heterocycles. The van der Waals surface area contributed by atoms with Crippen LogP contribution in [0.15, 0.2) is 65.1 Å². The van der Waals surface area contributed by atoms with Gasteiger partial charge in [0.1, 0.15) is 12.4 Å². The van der Waals surface area contributed by atoms with Crippen LogP contribution in [0, 0.1) is 5.41 Å². The van der Waals surface area contributed by atoms with Crippen molar-refractivity contribution in [2.45, 2.75) is 25.3 Å². The molecule has 2 amide bonds. The standard InChI is InChI=1S/C27H26N2O6/c1-29(14-17-10-11-23(35-17)24(30)31)25(32)27(12-13-27)16-28-26(33)34-15-22-20-8-4-2-6-18(20)19-7-3-5-9-21(19)22/h2-11,22H,12-16H2,1H3,(H,28,33)(H,30,31). The van der Waals surface area contributed by atoms with Crippen molar-refractivity contribution in [3.8, 4) is 11.1 Å². The topological polar surface area (TPSA) is 109 Å². The van der Waals surface area contributed by atoms with E-state index in [1.165, 1.54) is 11.0 Å². The van der Waals surface area contributed by atoms with Crippen molar-refractivity contribution in [3.05, 3.63) is 83.3 Å². The lowest BCUT2D eigenvalue weighted by atomic mass is 9.98. The second kappa shape index (κ2) is 8.94. The highest BCUT2D eigenvalue weighted by atomic mass is 16.5. The van der Waals surface area contributed by atoms with Crippen molar-refractivity contribution in [2.75, 3.05) is 20.2 Å². The summed E-state index contributed by atoms with van der Waals surface area (Å²) in [7, 11) is 1.64. The van der Waals surface area contributed by atoms with Gasteiger partial charge in [-0.05, 0) is 47.2 Å². The Kier molecular flexibility index (Phi) is 5.80. The molecule has 1 saturated carbocycles. The Morgan fingerprint density at radius 2 is 1.66 bits per heavy atom. The van der Waals surface area contributed by atoms with E-state index in [1.54, 1.807) is 13.1 Å². The van der Waals surface area contributed by atoms with Crippen LogP contribution in [-0.4, -0.2) is 48.2 Å². The Balaban J connectivity index is 1.15. The van der Waals surface area contributed by atoms with E-state index in [9.17, 15) is 14.4 Å². The molecule has 2 N–H and O–H groups in total. The van der Waals surface area contributed by atoms with Gasteiger partial charge in [-0.15, -0.1) is 0 Å². The summed E-state index contributed by atoms with van der Waals surface area (Å²) in [6.45, 7) is 0.551. The Bertz CT molecular complexity index is 1250. The van der Waals surface area contributed by atoms with Crippen LogP contribution in [0.4, 0.5) is 4.79 Å². The monoisotopic (exact) mass is 474 g/mol. The van der Waals surface area contributed by atoms with Crippen molar-refractivity contribution >= 4 is 18.0 Å². The van der Waals surface area contributed by atoms with Crippen LogP contribution in [0.1, 0.15) is 46.2 Å². The molecule has 0 unspecified atom stereocenters. The quantitative estimate of drug-likeness (QED) is 0.505. The predicted molar refractivity (Wildman–Crippen MR) is 127 cm³/mol. The maximum absolute atomic E-state index is 13.0. The fourth-order valence-corrected chi connectivity index (χ4v) is 4.80. The van der Waals surface area contributed by atoms with Crippen LogP contribution in [-0.2, 0) is 16.1 Å². The van der Waals surface area contributed by atoms with Crippen molar-refractivity contribution < 1.29 is 28.6 Å². The van der Waals surface area contributed by atoms with Gasteiger partial charge in [-0.1, -0.05) is 48.5 Å². The molecule has 3 aromatic rings. The molecule has 0 atom stereocenters. The average Bonchev–Trinajstić information content (AvgIpc) is 3.39. The number of benzene rings is 2. The Morgan fingerprint density at radius 3 is 2.23 bits per heavy atom. The maximum Gasteiger partial charge on any atom is 0.407 e. The number of hydrogen-bond acceptors (Lipinski definition) is 5. The van der Waals surface area contributed by atoms with Crippen LogP contribution in [0.3, 0.4) is 0 Å². The molecule has 5 rings (SSSR count). The van der Waals surface area contributed by atoms with E-state index >= 15 is 0 Å². The minimum Gasteiger partial charge on any atom is -0.475 e. The van der Waals surface area contributed by atoms with Gasteiger partial charge in [0.25, 0.3) is 0 Å². The van der Waals surface area contributed by atoms with Crippen LogP contribution in [0.2, 0.25) is 0 Å². The summed E-state index contributed by atoms with van der Waals surface area (Å²) in [5, 5.41) is 11.8. The molecule has 0 bridgehead atoms. The van der Waals surface area contributed by atoms with Crippen molar-refractivity contribution in [1.82, 2.24) is 10.2 Å². The largest absolute Gasteiger partial charge is 0.475 e. The lowest BCUT2D eigenvalue weighted by molar-refractivity contribution is -0.136. The number of nitrogens with one attached hydrogen (secondary N) is 1. The highest BCUT2D eigenvalue weighted by Crippen LogP contribution is 2.47. The first-order valence-electron chi connectivity index (χ1n) is 11.5. The Hall–Kier alpha value is -4.07. The highest BCUT2D eigenvalue weighted by Gasteiger charge is 2.51. The van der Waals surface area contributed by atoms with Crippen LogP contribution >= 0.6 is 0 Å². The second-order valence-electron chi connectivity index (χ2n) is 9.19. The smallest absolute Gasteiger partial charge is 0.407 e. The molecule has 0 radical (unpaired) electrons. The zero-order valence-corrected chi connectivity index (χ0v) is 19.3. The van der Waals surface area contributed by atoms with E-state index in [4.69, 9.17) is 14.3 Å². The number of fused-ring (bicyclic) bond motifs is 3. The van der Waals surface area contributed by atoms with Crippen molar-refractivity contribution in [1.29, 1.82) is 0 Å². The number of rotatable bonds is 8. The summed E-state index contributed by atoms with van der Waals surface area (Å²) >= 11 is 0. The number of nitrogens with zero attached hydrogens (tertiary/aromatic N) is 1. The number of alkyl carbamates (subject to hydrolysis) is 1. The van der Waals surface area contributed by atoms with E-state index in [1.807, 2.05) is 24.3 Å². The van der Waals surface area contributed by atoms with Gasteiger partial charge in [-0.2, -0.15) is 0 Å². The van der Waals surface area contributed by atoms with Crippen LogP contribution < -0.4 is 5.32 Å². The number of carboxylic acid groups (broad SMARTS) is 1.